The summed E-state index contributed by atoms with van der Waals surface area (Å²) in [5.41, 5.74) is 4.47. The molecule has 42 valence electrons. The van der Waals surface area contributed by atoms with Gasteiger partial charge in [-0.05, 0) is 0 Å². The van der Waals surface area contributed by atoms with E-state index in [1.54, 1.807) is 0 Å². The molecule has 7 heteroatoms. The van der Waals surface area contributed by atoms with Gasteiger partial charge >= 0.3 is 59.1 Å². The number of carbonyl (C=O) groups is 1. The maximum atomic E-state index is 9.65. The maximum Gasteiger partial charge on any atom is 1.00 e. The Labute approximate surface area is 98.7 Å². The number of hydrogen-bond acceptors (Lipinski definition) is 3. The SMILES string of the molecule is NC(=O)CP([O-])[O-].[Na+].[Na+]. The molecule has 0 aliphatic carbocycles. The number of nitrogens with two attached hydrogens (primary N) is 1. The first-order chi connectivity index (χ1) is 3.13. The van der Waals surface area contributed by atoms with E-state index in [2.05, 4.69) is 5.73 Å². The molecular weight excluding hydrogens is 163 g/mol. The number of amides is 1. The van der Waals surface area contributed by atoms with Gasteiger partial charge in [-0.15, -0.1) is 0 Å². The minimum Gasteiger partial charge on any atom is -0.841 e. The molecule has 0 saturated heterocycles. The Hall–Kier alpha value is 1.82. The van der Waals surface area contributed by atoms with Crippen LogP contribution >= 0.6 is 8.38 Å². The molecule has 0 aromatic carbocycles. The van der Waals surface area contributed by atoms with E-state index in [4.69, 9.17) is 0 Å². The van der Waals surface area contributed by atoms with Crippen molar-refractivity contribution in [1.29, 1.82) is 0 Å². The summed E-state index contributed by atoms with van der Waals surface area (Å²) >= 11 is 0. The standard InChI is InChI=1S/C2H4NO3P.2Na/c3-2(4)1-7(5)6;;/h1H2,(H2,3,4);;/q-2;2*+1. The molecule has 0 radical (unpaired) electrons. The van der Waals surface area contributed by atoms with E-state index in [-0.39, 0.29) is 59.1 Å². The van der Waals surface area contributed by atoms with Gasteiger partial charge in [-0.1, -0.05) is 0 Å². The molecule has 1 amide bonds. The molecule has 0 bridgehead atoms. The van der Waals surface area contributed by atoms with Crippen LogP contribution in [0.2, 0.25) is 0 Å². The predicted molar refractivity (Wildman–Crippen MR) is 21.0 cm³/mol. The Balaban J connectivity index is -0.000000180. The van der Waals surface area contributed by atoms with Crippen LogP contribution in [0.5, 0.6) is 0 Å². The molecule has 0 spiro atoms. The van der Waals surface area contributed by atoms with E-state index < -0.39 is 20.4 Å². The zero-order chi connectivity index (χ0) is 5.86. The van der Waals surface area contributed by atoms with Crippen molar-refractivity contribution in [1.82, 2.24) is 0 Å². The zero-order valence-electron chi connectivity index (χ0n) is 5.46. The van der Waals surface area contributed by atoms with E-state index in [0.717, 1.165) is 0 Å². The minimum absolute atomic E-state index is 0. The maximum absolute atomic E-state index is 9.65. The second kappa shape index (κ2) is 9.82. The molecule has 0 saturated carbocycles. The fourth-order valence-electron chi connectivity index (χ4n) is 0.127. The molecular formula is C2H4NNa2O3P. The molecule has 2 N–H and O–H groups in total. The summed E-state index contributed by atoms with van der Waals surface area (Å²) in [6.07, 6.45) is -0.546. The van der Waals surface area contributed by atoms with E-state index in [1.807, 2.05) is 0 Å². The average molecular weight is 167 g/mol. The number of rotatable bonds is 2. The van der Waals surface area contributed by atoms with Crippen LogP contribution in [0.1, 0.15) is 0 Å². The third-order valence-electron chi connectivity index (χ3n) is 0.285. The molecule has 0 rings (SSSR count). The number of carbonyl (C=O) groups excluding carboxylic acids is 1. The second-order valence-electron chi connectivity index (χ2n) is 0.957. The van der Waals surface area contributed by atoms with Crippen molar-refractivity contribution in [2.45, 2.75) is 0 Å². The van der Waals surface area contributed by atoms with Gasteiger partial charge in [0.05, 0.1) is 0 Å². The van der Waals surface area contributed by atoms with Crippen LogP contribution in [-0.2, 0) is 4.79 Å². The van der Waals surface area contributed by atoms with Gasteiger partial charge in [0, 0.05) is 6.16 Å². The third kappa shape index (κ3) is 17.7. The van der Waals surface area contributed by atoms with Crippen molar-refractivity contribution in [2.24, 2.45) is 5.73 Å². The van der Waals surface area contributed by atoms with Gasteiger partial charge in [0.2, 0.25) is 5.91 Å². The molecule has 0 aliphatic heterocycles. The monoisotopic (exact) mass is 167 g/mol. The summed E-state index contributed by atoms with van der Waals surface area (Å²) in [5.74, 6) is -0.809. The molecule has 0 aliphatic rings. The fourth-order valence-corrected chi connectivity index (χ4v) is 0.382. The van der Waals surface area contributed by atoms with Gasteiger partial charge in [0.25, 0.3) is 0 Å². The predicted octanol–water partition coefficient (Wildman–Crippen LogP) is -8.49. The third-order valence-corrected chi connectivity index (χ3v) is 0.855. The zero-order valence-corrected chi connectivity index (χ0v) is 10.4. The van der Waals surface area contributed by atoms with E-state index in [0.29, 0.717) is 0 Å². The summed E-state index contributed by atoms with van der Waals surface area (Å²) < 4.78 is 0. The molecule has 9 heavy (non-hydrogen) atoms. The first-order valence-corrected chi connectivity index (χ1v) is 2.89. The first-order valence-electron chi connectivity index (χ1n) is 1.53. The Morgan fingerprint density at radius 3 is 1.78 bits per heavy atom. The van der Waals surface area contributed by atoms with Crippen molar-refractivity contribution >= 4 is 14.3 Å². The Morgan fingerprint density at radius 2 is 1.78 bits per heavy atom. The van der Waals surface area contributed by atoms with Crippen molar-refractivity contribution in [3.05, 3.63) is 0 Å². The van der Waals surface area contributed by atoms with Crippen LogP contribution < -0.4 is 74.6 Å². The summed E-state index contributed by atoms with van der Waals surface area (Å²) in [5, 5.41) is 0. The van der Waals surface area contributed by atoms with Gasteiger partial charge in [0.1, 0.15) is 0 Å². The quantitative estimate of drug-likeness (QED) is 0.327. The first kappa shape index (κ1) is 17.1. The van der Waals surface area contributed by atoms with E-state index >= 15 is 0 Å². The van der Waals surface area contributed by atoms with Gasteiger partial charge in [-0.25, -0.2) is 0 Å². The molecule has 0 atom stereocenters. The summed E-state index contributed by atoms with van der Waals surface area (Å²) in [7, 11) is -2.61. The van der Waals surface area contributed by atoms with Crippen LogP contribution in [0, 0.1) is 0 Å². The molecule has 0 heterocycles. The van der Waals surface area contributed by atoms with E-state index in [9.17, 15) is 14.6 Å². The van der Waals surface area contributed by atoms with Gasteiger partial charge in [-0.3, -0.25) is 4.79 Å². The van der Waals surface area contributed by atoms with Crippen molar-refractivity contribution < 1.29 is 73.7 Å². The minimum atomic E-state index is -2.61. The Kier molecular flexibility index (Phi) is 18.6. The molecule has 0 aromatic rings. The van der Waals surface area contributed by atoms with Gasteiger partial charge in [0.15, 0.2) is 0 Å². The fraction of sp³-hybridized carbons (Fsp3) is 0.500. The van der Waals surface area contributed by atoms with E-state index in [1.165, 1.54) is 0 Å². The normalized spacial score (nSPS) is 7.44. The molecule has 0 fully saturated rings. The topological polar surface area (TPSA) is 89.2 Å². The van der Waals surface area contributed by atoms with Crippen LogP contribution in [-0.4, -0.2) is 12.1 Å². The Morgan fingerprint density at radius 1 is 1.44 bits per heavy atom. The Bertz CT molecular complexity index is 80.2. The summed E-state index contributed by atoms with van der Waals surface area (Å²) in [6.45, 7) is 0. The largest absolute Gasteiger partial charge is 1.00 e. The molecule has 0 unspecified atom stereocenters. The van der Waals surface area contributed by atoms with Crippen molar-refractivity contribution in [3.63, 3.8) is 0 Å². The average Bonchev–Trinajstić information content (AvgIpc) is 1.27. The van der Waals surface area contributed by atoms with Crippen molar-refractivity contribution in [3.8, 4) is 0 Å². The second-order valence-corrected chi connectivity index (χ2v) is 1.94. The van der Waals surface area contributed by atoms with Crippen molar-refractivity contribution in [2.75, 3.05) is 6.16 Å². The number of primary amides is 1. The smallest absolute Gasteiger partial charge is 0.841 e. The van der Waals surface area contributed by atoms with Crippen LogP contribution in [0.15, 0.2) is 0 Å². The van der Waals surface area contributed by atoms with Gasteiger partial charge in [-0.2, -0.15) is 0 Å². The summed E-state index contributed by atoms with van der Waals surface area (Å²) in [4.78, 5) is 28.7. The van der Waals surface area contributed by atoms with Crippen LogP contribution in [0.4, 0.5) is 0 Å². The summed E-state index contributed by atoms with van der Waals surface area (Å²) in [6, 6.07) is 0. The van der Waals surface area contributed by atoms with Gasteiger partial charge < -0.3 is 23.9 Å². The van der Waals surface area contributed by atoms with Crippen LogP contribution in [0.3, 0.4) is 0 Å². The van der Waals surface area contributed by atoms with Crippen LogP contribution in [0.25, 0.3) is 0 Å². The molecule has 4 nitrogen and oxygen atoms in total. The number of hydrogen-bond donors (Lipinski definition) is 1. The molecule has 0 aromatic heterocycles.